The highest BCUT2D eigenvalue weighted by Crippen LogP contribution is 2.32. The van der Waals surface area contributed by atoms with Crippen molar-refractivity contribution in [3.63, 3.8) is 0 Å². The summed E-state index contributed by atoms with van der Waals surface area (Å²) < 4.78 is 11.6. The monoisotopic (exact) mass is 395 g/mol. The molecule has 0 spiro atoms. The fourth-order valence-corrected chi connectivity index (χ4v) is 2.92. The number of H-pyrrole nitrogens is 1. The van der Waals surface area contributed by atoms with E-state index < -0.39 is 17.1 Å². The molecular formula is C21H21N3O5. The zero-order valence-electron chi connectivity index (χ0n) is 16.3. The Labute approximate surface area is 166 Å². The van der Waals surface area contributed by atoms with Gasteiger partial charge in [-0.2, -0.15) is 0 Å². The Bertz CT molecular complexity index is 1160. The van der Waals surface area contributed by atoms with E-state index >= 15 is 0 Å². The lowest BCUT2D eigenvalue weighted by Gasteiger charge is -2.12. The van der Waals surface area contributed by atoms with Crippen LogP contribution in [0.4, 0.5) is 5.69 Å². The van der Waals surface area contributed by atoms with Crippen LogP contribution < -0.4 is 20.7 Å². The normalized spacial score (nSPS) is 11.3. The van der Waals surface area contributed by atoms with E-state index in [1.165, 1.54) is 14.2 Å². The average Bonchev–Trinajstić information content (AvgIpc) is 2.71. The Balaban J connectivity index is 2.11. The summed E-state index contributed by atoms with van der Waals surface area (Å²) in [6.45, 7) is 1.67. The summed E-state index contributed by atoms with van der Waals surface area (Å²) in [4.78, 5) is 31.3. The fraction of sp³-hybridized carbons (Fsp3) is 0.190. The van der Waals surface area contributed by atoms with Gasteiger partial charge in [-0.15, -0.1) is 0 Å². The summed E-state index contributed by atoms with van der Waals surface area (Å²) >= 11 is 0. The molecule has 8 heteroatoms. The number of aliphatic imine (C=N–C) groups is 1. The number of nitrogens with zero attached hydrogens (tertiary/aromatic N) is 2. The van der Waals surface area contributed by atoms with E-state index in [1.54, 1.807) is 25.1 Å². The maximum absolute atomic E-state index is 12.4. The first kappa shape index (κ1) is 19.9. The molecule has 0 amide bonds. The SMILES string of the molecule is COc1ccc(OC)c(N=C(C)c2c(O)n(Cc3ccccc3)c(=O)[nH]c2=O)c1. The third kappa shape index (κ3) is 4.21. The van der Waals surface area contributed by atoms with E-state index in [-0.39, 0.29) is 17.8 Å². The number of aromatic amines is 1. The van der Waals surface area contributed by atoms with Crippen molar-refractivity contribution in [2.45, 2.75) is 13.5 Å². The second-order valence-corrected chi connectivity index (χ2v) is 6.26. The van der Waals surface area contributed by atoms with Crippen molar-refractivity contribution in [3.05, 3.63) is 80.5 Å². The minimum Gasteiger partial charge on any atom is -0.497 e. The van der Waals surface area contributed by atoms with E-state index in [0.29, 0.717) is 17.2 Å². The van der Waals surface area contributed by atoms with Gasteiger partial charge in [-0.05, 0) is 24.6 Å². The van der Waals surface area contributed by atoms with E-state index in [1.807, 2.05) is 30.3 Å². The van der Waals surface area contributed by atoms with E-state index in [2.05, 4.69) is 9.98 Å². The van der Waals surface area contributed by atoms with Crippen LogP contribution in [0.15, 0.2) is 63.1 Å². The smallest absolute Gasteiger partial charge is 0.331 e. The van der Waals surface area contributed by atoms with Crippen LogP contribution in [-0.4, -0.2) is 34.6 Å². The first-order chi connectivity index (χ1) is 13.9. The van der Waals surface area contributed by atoms with Gasteiger partial charge < -0.3 is 14.6 Å². The molecule has 150 valence electrons. The number of hydrogen-bond acceptors (Lipinski definition) is 6. The Kier molecular flexibility index (Phi) is 5.82. The molecule has 0 saturated carbocycles. The number of benzene rings is 2. The van der Waals surface area contributed by atoms with Crippen LogP contribution in [0, 0.1) is 0 Å². The molecule has 0 unspecified atom stereocenters. The Morgan fingerprint density at radius 2 is 1.83 bits per heavy atom. The average molecular weight is 395 g/mol. The van der Waals surface area contributed by atoms with Crippen molar-refractivity contribution in [3.8, 4) is 17.4 Å². The highest BCUT2D eigenvalue weighted by molar-refractivity contribution is 6.02. The van der Waals surface area contributed by atoms with Crippen molar-refractivity contribution >= 4 is 11.4 Å². The van der Waals surface area contributed by atoms with Crippen molar-refractivity contribution in [1.82, 2.24) is 9.55 Å². The molecule has 0 bridgehead atoms. The Morgan fingerprint density at radius 3 is 2.48 bits per heavy atom. The van der Waals surface area contributed by atoms with Crippen LogP contribution in [0.3, 0.4) is 0 Å². The molecule has 0 aliphatic rings. The van der Waals surface area contributed by atoms with E-state index in [0.717, 1.165) is 10.1 Å². The molecule has 0 fully saturated rings. The Hall–Kier alpha value is -3.81. The molecule has 0 radical (unpaired) electrons. The largest absolute Gasteiger partial charge is 0.497 e. The minimum atomic E-state index is -0.722. The van der Waals surface area contributed by atoms with Crippen LogP contribution in [0.5, 0.6) is 17.4 Å². The fourth-order valence-electron chi connectivity index (χ4n) is 2.92. The predicted octanol–water partition coefficient (Wildman–Crippen LogP) is 2.45. The molecule has 1 aromatic heterocycles. The van der Waals surface area contributed by atoms with Crippen LogP contribution in [0.2, 0.25) is 0 Å². The standard InChI is InChI=1S/C21H21N3O5/c1-13(22-16-11-15(28-2)9-10-17(16)29-3)18-19(25)23-21(27)24(20(18)26)12-14-7-5-4-6-8-14/h4-11,26H,12H2,1-3H3,(H,23,25,27). The van der Waals surface area contributed by atoms with Gasteiger partial charge in [-0.1, -0.05) is 30.3 Å². The maximum Gasteiger partial charge on any atom is 0.331 e. The van der Waals surface area contributed by atoms with Crippen molar-refractivity contribution in [2.24, 2.45) is 4.99 Å². The van der Waals surface area contributed by atoms with Gasteiger partial charge >= 0.3 is 5.69 Å². The molecule has 0 aliphatic carbocycles. The van der Waals surface area contributed by atoms with Crippen molar-refractivity contribution in [1.29, 1.82) is 0 Å². The molecule has 0 atom stereocenters. The van der Waals surface area contributed by atoms with Gasteiger partial charge in [0.1, 0.15) is 22.7 Å². The second-order valence-electron chi connectivity index (χ2n) is 6.26. The zero-order chi connectivity index (χ0) is 21.0. The molecule has 2 N–H and O–H groups in total. The number of aromatic nitrogens is 2. The molecule has 0 aliphatic heterocycles. The summed E-state index contributed by atoms with van der Waals surface area (Å²) in [6.07, 6.45) is 0. The quantitative estimate of drug-likeness (QED) is 0.624. The molecule has 2 aromatic carbocycles. The summed E-state index contributed by atoms with van der Waals surface area (Å²) in [6, 6.07) is 14.2. The van der Waals surface area contributed by atoms with E-state index in [9.17, 15) is 14.7 Å². The highest BCUT2D eigenvalue weighted by atomic mass is 16.5. The van der Waals surface area contributed by atoms with Gasteiger partial charge in [-0.3, -0.25) is 14.3 Å². The molecule has 0 saturated heterocycles. The van der Waals surface area contributed by atoms with Crippen molar-refractivity contribution < 1.29 is 14.6 Å². The van der Waals surface area contributed by atoms with E-state index in [4.69, 9.17) is 9.47 Å². The number of aromatic hydroxyl groups is 1. The topological polar surface area (TPSA) is 106 Å². The molecule has 1 heterocycles. The third-order valence-electron chi connectivity index (χ3n) is 4.39. The van der Waals surface area contributed by atoms with Gasteiger partial charge in [0.2, 0.25) is 5.88 Å². The molecular weight excluding hydrogens is 374 g/mol. The zero-order valence-corrected chi connectivity index (χ0v) is 16.3. The summed E-state index contributed by atoms with van der Waals surface area (Å²) in [7, 11) is 3.03. The van der Waals surface area contributed by atoms with Gasteiger partial charge in [0.05, 0.1) is 26.5 Å². The summed E-state index contributed by atoms with van der Waals surface area (Å²) in [5.74, 6) is 0.578. The van der Waals surface area contributed by atoms with Gasteiger partial charge in [-0.25, -0.2) is 9.79 Å². The predicted molar refractivity (Wildman–Crippen MR) is 110 cm³/mol. The lowest BCUT2D eigenvalue weighted by molar-refractivity contribution is 0.404. The molecule has 3 aromatic rings. The first-order valence-corrected chi connectivity index (χ1v) is 8.82. The van der Waals surface area contributed by atoms with Gasteiger partial charge in [0.25, 0.3) is 5.56 Å². The van der Waals surface area contributed by atoms with Crippen LogP contribution >= 0.6 is 0 Å². The summed E-state index contributed by atoms with van der Waals surface area (Å²) in [5.41, 5.74) is -0.0785. The molecule has 29 heavy (non-hydrogen) atoms. The number of hydrogen-bond donors (Lipinski definition) is 2. The van der Waals surface area contributed by atoms with Crippen LogP contribution in [0.25, 0.3) is 0 Å². The second kappa shape index (κ2) is 8.47. The maximum atomic E-state index is 12.4. The van der Waals surface area contributed by atoms with Crippen molar-refractivity contribution in [2.75, 3.05) is 14.2 Å². The summed E-state index contributed by atoms with van der Waals surface area (Å²) in [5, 5.41) is 10.7. The minimum absolute atomic E-state index is 0.0922. The number of nitrogens with one attached hydrogen (secondary N) is 1. The first-order valence-electron chi connectivity index (χ1n) is 8.82. The molecule has 8 nitrogen and oxygen atoms in total. The van der Waals surface area contributed by atoms with Crippen LogP contribution in [-0.2, 0) is 6.54 Å². The number of methoxy groups -OCH3 is 2. The lowest BCUT2D eigenvalue weighted by atomic mass is 10.2. The van der Waals surface area contributed by atoms with Gasteiger partial charge in [0, 0.05) is 6.07 Å². The molecule has 3 rings (SSSR count). The lowest BCUT2D eigenvalue weighted by Crippen LogP contribution is -2.33. The highest BCUT2D eigenvalue weighted by Gasteiger charge is 2.18. The number of ether oxygens (including phenoxy) is 2. The van der Waals surface area contributed by atoms with Crippen LogP contribution in [0.1, 0.15) is 18.1 Å². The Morgan fingerprint density at radius 1 is 1.10 bits per heavy atom. The number of rotatable bonds is 6. The van der Waals surface area contributed by atoms with Gasteiger partial charge in [0.15, 0.2) is 0 Å². The third-order valence-corrected chi connectivity index (χ3v) is 4.39.